The summed E-state index contributed by atoms with van der Waals surface area (Å²) in [6.45, 7) is 73.0. The van der Waals surface area contributed by atoms with E-state index >= 15 is 0 Å². The number of rotatable bonds is 37. The second kappa shape index (κ2) is 82.5. The van der Waals surface area contributed by atoms with Crippen LogP contribution in [0.1, 0.15) is 300 Å². The van der Waals surface area contributed by atoms with Crippen LogP contribution < -0.4 is 60.0 Å². The van der Waals surface area contributed by atoms with E-state index in [1.54, 1.807) is 82.8 Å². The number of amides is 1. The fourth-order valence-corrected chi connectivity index (χ4v) is 9.23. The molecule has 2 atom stereocenters. The number of nitriles is 1. The molecule has 0 aliphatic rings. The number of carboxylic acid groups (broad SMARTS) is 4. The molecule has 0 saturated heterocycles. The summed E-state index contributed by atoms with van der Waals surface area (Å²) < 4.78 is 19.4. The summed E-state index contributed by atoms with van der Waals surface area (Å²) >= 11 is 5.87. The molecule has 0 aromatic heterocycles. The van der Waals surface area contributed by atoms with Gasteiger partial charge in [-0.25, -0.2) is 14.7 Å². The van der Waals surface area contributed by atoms with Crippen LogP contribution in [-0.4, -0.2) is 183 Å². The van der Waals surface area contributed by atoms with Crippen molar-refractivity contribution in [3.63, 3.8) is 0 Å². The van der Waals surface area contributed by atoms with Crippen molar-refractivity contribution in [2.24, 2.45) is 97.1 Å². The van der Waals surface area contributed by atoms with Gasteiger partial charge in [-0.3, -0.25) is 38.4 Å². The van der Waals surface area contributed by atoms with E-state index in [1.807, 2.05) is 126 Å². The summed E-state index contributed by atoms with van der Waals surface area (Å²) in [6, 6.07) is 22.3. The predicted molar refractivity (Wildman–Crippen MR) is 505 cm³/mol. The zero-order valence-corrected chi connectivity index (χ0v) is 90.4. The summed E-state index contributed by atoms with van der Waals surface area (Å²) in [4.78, 5) is 116. The Morgan fingerprint density at radius 1 is 0.536 bits per heavy atom. The third-order valence-electron chi connectivity index (χ3n) is 22.7. The topological polar surface area (TPSA) is 398 Å². The third kappa shape index (κ3) is 72.9. The second-order valence-electron chi connectivity index (χ2n) is 36.3. The zero-order valence-electron chi connectivity index (χ0n) is 85.3. The molecule has 0 radical (unpaired) electrons. The normalized spacial score (nSPS) is 11.1. The summed E-state index contributed by atoms with van der Waals surface area (Å²) in [5, 5.41) is 49.1. The van der Waals surface area contributed by atoms with Crippen molar-refractivity contribution in [1.82, 2.24) is 10.4 Å². The van der Waals surface area contributed by atoms with Gasteiger partial charge in [0.05, 0.1) is 46.0 Å². The van der Waals surface area contributed by atoms with Crippen molar-refractivity contribution >= 4 is 121 Å². The standard InChI is InChI=1S/C17H25N.C16H25NO2.C13H24O4.C10H21NO2.C10H16O4.C9H16O4.C8H16O2.C8H16O.C3H7.Al.BrH.Cu.HI.2Li.Mg.2H2O.4H/c1-14(2)17(3,4)12-16(13-18)11-10-15-8-6-5-7-9-15;1-12(2)16(3,4)10-14(15(18)19)17-11-13-8-6-5-7-9-13;1-7-16-11(14)10(12(15)17-8-2)13(5,6)9(3)4;1-8(2)10(3,4)7-9(12)11(5)13-6;1-5-13-9(11)8(7(3)4)10(12)14-6-2;1-5(2)9(3,4)6(7(10)11)8(12)13;1-6(2)8(3,4)5-7(9)10;1-7(2)8(3,4)5-6-9;1-3-2;;;;;;;;;;;;;/h5-9,14,16H,10-12H2,1-4H3;5-9,12,14,17H,10-11H2,1-4H3,(H,18,19);9-10H,7-8H2,1-6H3;8H,7H2,1-6H3;5-6H2,1-4H3;5-6H,1-4H3,(H,10,11)(H,12,13);6H,5H2,1-4H3,(H,9,10);6-7H,5H2,1-4H3;3H,1-2H3;;1H;;1H;;;;2*1H2;;;;/q;;;;;;;;-1;;;+1;;2*+1;+2;;;;;;-1/p-3. The van der Waals surface area contributed by atoms with Gasteiger partial charge in [0, 0.05) is 32.4 Å². The van der Waals surface area contributed by atoms with Crippen LogP contribution in [0, 0.1) is 115 Å². The second-order valence-corrected chi connectivity index (χ2v) is 36.3. The fourth-order valence-electron chi connectivity index (χ4n) is 9.23. The van der Waals surface area contributed by atoms with Gasteiger partial charge in [0.25, 0.3) is 0 Å². The average molecular weight is 2020 g/mol. The van der Waals surface area contributed by atoms with Crippen LogP contribution in [0.4, 0.5) is 0 Å². The van der Waals surface area contributed by atoms with Crippen molar-refractivity contribution in [2.75, 3.05) is 40.6 Å². The Bertz CT molecular complexity index is 3170. The molecule has 0 bridgehead atoms. The number of carbonyl (C=O) groups excluding carboxylic acids is 6. The van der Waals surface area contributed by atoms with Gasteiger partial charge in [0.1, 0.15) is 17.9 Å². The van der Waals surface area contributed by atoms with E-state index in [4.69, 9.17) is 39.1 Å². The van der Waals surface area contributed by atoms with Gasteiger partial charge in [-0.1, -0.05) is 260 Å². The number of hydrogen-bond acceptors (Lipinski definition) is 18. The molecule has 31 heteroatoms. The number of hydroxylamine groups is 2. The minimum Gasteiger partial charge on any atom is -1.00 e. The first-order chi connectivity index (χ1) is 53.9. The zero-order chi connectivity index (χ0) is 94.9. The Morgan fingerprint density at radius 3 is 1.09 bits per heavy atom. The van der Waals surface area contributed by atoms with Crippen molar-refractivity contribution in [3.8, 4) is 6.07 Å². The molecular formula is C94H173AlBrCuILi2MgN3O21. The minimum atomic E-state index is -1.34. The molecule has 2 aromatic rings. The van der Waals surface area contributed by atoms with Gasteiger partial charge in [-0.15, -0.1) is 0 Å². The van der Waals surface area contributed by atoms with Gasteiger partial charge in [0.2, 0.25) is 5.91 Å². The van der Waals surface area contributed by atoms with E-state index in [-0.39, 0.29) is 197 Å². The maximum absolute atomic E-state index is 11.9. The summed E-state index contributed by atoms with van der Waals surface area (Å²) in [7, 11) is 3.14. The van der Waals surface area contributed by atoms with Crippen LogP contribution in [0.25, 0.3) is 0 Å². The van der Waals surface area contributed by atoms with Crippen LogP contribution in [0.3, 0.4) is 0 Å². The number of aliphatic carboxylic acids is 4. The first kappa shape index (κ1) is 156. The van der Waals surface area contributed by atoms with Crippen LogP contribution in [0.2, 0.25) is 0 Å². The van der Waals surface area contributed by atoms with Gasteiger partial charge in [-0.2, -0.15) is 19.1 Å². The SMILES string of the molecule is CC(C)C(C)(C)C(C(=O)O)C(=O)O.CC(C)C(C)(C)CC(=O)O.CC(C)C(C)(C)CC(C#N)CCc1ccccc1.CC(C)C(C)(C)CC(NCc1ccccc1)C(=O)O.CC(C)C(C)(C)CC=O.CCOC(=O)C(C(=O)OCC)=C(C)C.CCOC(=O)C(C(=O)OCC)C(C)(C)C(C)C.CON(C)C(=O)CC(C)(C)C(C)C.C[CH-]C.O.[AlH3].[Br-].[Cu][I].[H-].[Li+].[Li+].[Mg+2].[OH-]. The molecule has 0 fully saturated rings. The number of ether oxygens (including phenoxy) is 4. The maximum atomic E-state index is 11.9. The predicted octanol–water partition coefficient (Wildman–Crippen LogP) is 10.6. The number of benzene rings is 2. The molecule has 0 aliphatic heterocycles. The molecule has 8 N–H and O–H groups in total. The molecule has 2 rings (SSSR count). The first-order valence-corrected chi connectivity index (χ1v) is 44.5. The Hall–Kier alpha value is -3.37. The number of hydrogen-bond donors (Lipinski definition) is 5. The minimum absolute atomic E-state index is 0. The fraction of sp³-hybridized carbons (Fsp3) is 0.723. The Kier molecular flexibility index (Phi) is 103. The van der Waals surface area contributed by atoms with Gasteiger partial charge in [0.15, 0.2) is 29.2 Å². The van der Waals surface area contributed by atoms with Crippen LogP contribution in [0.15, 0.2) is 71.8 Å². The first-order valence-electron chi connectivity index (χ1n) is 41.5. The van der Waals surface area contributed by atoms with Crippen LogP contribution >= 0.6 is 20.3 Å². The Labute approximate surface area is 840 Å². The molecule has 24 nitrogen and oxygen atoms in total. The smallest absolute Gasteiger partial charge is 1.00 e. The van der Waals surface area contributed by atoms with E-state index in [9.17, 15) is 58.3 Å². The number of allylic oxidation sites excluding steroid dienone is 1. The summed E-state index contributed by atoms with van der Waals surface area (Å²) in [5.74, 6) is -5.53. The Morgan fingerprint density at radius 2 is 0.848 bits per heavy atom. The van der Waals surface area contributed by atoms with Gasteiger partial charge < -0.3 is 85.3 Å². The number of nitrogens with one attached hydrogen (secondary N) is 1. The molecule has 0 aliphatic carbocycles. The molecule has 2 aromatic carbocycles. The molecule has 722 valence electrons. The van der Waals surface area contributed by atoms with E-state index in [1.165, 1.54) is 17.7 Å². The Balaban J connectivity index is -0.0000000778. The van der Waals surface area contributed by atoms with Gasteiger partial charge in [-0.05, 0) is 158 Å². The number of nitrogens with zero attached hydrogens (tertiary/aromatic N) is 2. The molecule has 2 unspecified atom stereocenters. The maximum Gasteiger partial charge on any atom is 2.00 e. The van der Waals surface area contributed by atoms with Crippen molar-refractivity contribution < 1.29 is 172 Å². The average Bonchev–Trinajstić information content (AvgIpc) is 0.815. The number of aldehydes is 1. The van der Waals surface area contributed by atoms with E-state index in [0.717, 1.165) is 31.1 Å². The monoisotopic (exact) mass is 2010 g/mol. The summed E-state index contributed by atoms with van der Waals surface area (Å²) in [5.41, 5.74) is 2.20. The molecule has 1 amide bonds. The largest absolute Gasteiger partial charge is 2.00 e. The number of carboxylic acids is 4. The summed E-state index contributed by atoms with van der Waals surface area (Å²) in [6.07, 6.45) is 8.05. The number of carbonyl (C=O) groups is 10. The van der Waals surface area contributed by atoms with Crippen molar-refractivity contribution in [1.29, 1.82) is 5.26 Å². The van der Waals surface area contributed by atoms with Gasteiger partial charge >= 0.3 is 142 Å². The van der Waals surface area contributed by atoms with E-state index in [0.29, 0.717) is 61.0 Å². The quantitative estimate of drug-likeness (QED) is 0.00401. The van der Waals surface area contributed by atoms with Crippen LogP contribution in [-0.2, 0) is 97.5 Å². The molecule has 125 heavy (non-hydrogen) atoms. The van der Waals surface area contributed by atoms with Crippen LogP contribution in [0.5, 0.6) is 0 Å². The molecule has 0 saturated carbocycles. The molecule has 0 heterocycles. The molecule has 0 spiro atoms. The number of aryl methyl sites for hydroxylation is 1. The third-order valence-corrected chi connectivity index (χ3v) is 22.7. The number of halogens is 2. The van der Waals surface area contributed by atoms with E-state index < -0.39 is 76.5 Å². The van der Waals surface area contributed by atoms with Crippen molar-refractivity contribution in [2.45, 2.75) is 307 Å². The van der Waals surface area contributed by atoms with Crippen molar-refractivity contribution in [3.05, 3.63) is 89.4 Å². The van der Waals surface area contributed by atoms with E-state index in [2.05, 4.69) is 159 Å². The number of esters is 4. The molecular weight excluding hydrogens is 1840 g/mol.